The highest BCUT2D eigenvalue weighted by Gasteiger charge is 2.32. The number of aryl methyl sites for hydroxylation is 1. The van der Waals surface area contributed by atoms with E-state index in [9.17, 15) is 18.0 Å². The van der Waals surface area contributed by atoms with Crippen molar-refractivity contribution in [1.82, 2.24) is 4.98 Å². The Labute approximate surface area is 107 Å². The third kappa shape index (κ3) is 2.72. The first kappa shape index (κ1) is 13.5. The Hall–Kier alpha value is -1.98. The zero-order valence-electron chi connectivity index (χ0n) is 10.4. The molecule has 2 aromatic rings. The summed E-state index contributed by atoms with van der Waals surface area (Å²) in [6.07, 6.45) is -2.88. The number of nitrogens with one attached hydrogen (secondary N) is 1. The summed E-state index contributed by atoms with van der Waals surface area (Å²) < 4.78 is 40.6. The Morgan fingerprint density at radius 1 is 1.37 bits per heavy atom. The fraction of sp³-hybridized carbons (Fsp3) is 0.308. The van der Waals surface area contributed by atoms with Gasteiger partial charge in [0.15, 0.2) is 5.78 Å². The van der Waals surface area contributed by atoms with Crippen molar-refractivity contribution in [3.05, 3.63) is 29.5 Å². The summed E-state index contributed by atoms with van der Waals surface area (Å²) in [4.78, 5) is 14.5. The molecule has 0 aliphatic rings. The van der Waals surface area contributed by atoms with Gasteiger partial charge in [0.25, 0.3) is 0 Å². The average Bonchev–Trinajstić information content (AvgIpc) is 2.69. The van der Waals surface area contributed by atoms with Gasteiger partial charge in [0.1, 0.15) is 5.75 Å². The number of benzene rings is 1. The van der Waals surface area contributed by atoms with Gasteiger partial charge in [-0.3, -0.25) is 4.79 Å². The maximum absolute atomic E-state index is 12.2. The van der Waals surface area contributed by atoms with Gasteiger partial charge in [-0.1, -0.05) is 6.92 Å². The number of aromatic amines is 1. The summed E-state index contributed by atoms with van der Waals surface area (Å²) in [6, 6.07) is 2.78. The minimum absolute atomic E-state index is 0.0601. The second-order valence-electron chi connectivity index (χ2n) is 4.19. The van der Waals surface area contributed by atoms with Crippen LogP contribution in [0.3, 0.4) is 0 Å². The van der Waals surface area contributed by atoms with Crippen molar-refractivity contribution in [2.75, 3.05) is 0 Å². The predicted octanol–water partition coefficient (Wildman–Crippen LogP) is 3.97. The lowest BCUT2D eigenvalue weighted by molar-refractivity contribution is -0.274. The molecule has 0 spiro atoms. The highest BCUT2D eigenvalue weighted by atomic mass is 19.4. The molecular formula is C13H12F3NO2. The molecule has 1 N–H and O–H groups in total. The Balaban J connectivity index is 2.51. The number of alkyl halides is 3. The van der Waals surface area contributed by atoms with Gasteiger partial charge in [0.2, 0.25) is 0 Å². The summed E-state index contributed by atoms with van der Waals surface area (Å²) in [5, 5.41) is 0.610. The molecule has 0 aliphatic heterocycles. The van der Waals surface area contributed by atoms with E-state index in [4.69, 9.17) is 0 Å². The summed E-state index contributed by atoms with van der Waals surface area (Å²) in [7, 11) is 0. The predicted molar refractivity (Wildman–Crippen MR) is 64.3 cm³/mol. The van der Waals surface area contributed by atoms with E-state index in [-0.39, 0.29) is 11.5 Å². The van der Waals surface area contributed by atoms with Crippen molar-refractivity contribution in [2.45, 2.75) is 26.6 Å². The zero-order chi connectivity index (χ0) is 14.2. The van der Waals surface area contributed by atoms with E-state index in [1.807, 2.05) is 0 Å². The van der Waals surface area contributed by atoms with E-state index in [1.54, 1.807) is 6.92 Å². The van der Waals surface area contributed by atoms with Crippen LogP contribution in [0.2, 0.25) is 0 Å². The van der Waals surface area contributed by atoms with Crippen molar-refractivity contribution < 1.29 is 22.7 Å². The van der Waals surface area contributed by atoms with Gasteiger partial charge in [-0.05, 0) is 18.6 Å². The van der Waals surface area contributed by atoms with Gasteiger partial charge >= 0.3 is 6.36 Å². The number of rotatable bonds is 3. The zero-order valence-corrected chi connectivity index (χ0v) is 10.4. The summed E-state index contributed by atoms with van der Waals surface area (Å²) in [5.41, 5.74) is 1.26. The van der Waals surface area contributed by atoms with Gasteiger partial charge in [-0.2, -0.15) is 0 Å². The standard InChI is InChI=1S/C13H12F3NO2/c1-3-11(18)9-6-17-10-5-12(19-13(14,15)16)7(2)4-8(9)10/h4-6,17H,3H2,1-2H3. The van der Waals surface area contributed by atoms with Crippen LogP contribution >= 0.6 is 0 Å². The average molecular weight is 271 g/mol. The van der Waals surface area contributed by atoms with E-state index in [1.165, 1.54) is 25.3 Å². The normalized spacial score (nSPS) is 11.8. The van der Waals surface area contributed by atoms with Crippen LogP contribution in [0.25, 0.3) is 10.9 Å². The first-order valence-corrected chi connectivity index (χ1v) is 5.72. The number of H-pyrrole nitrogens is 1. The van der Waals surface area contributed by atoms with Gasteiger partial charge in [-0.15, -0.1) is 13.2 Å². The van der Waals surface area contributed by atoms with Crippen molar-refractivity contribution in [1.29, 1.82) is 0 Å². The fourth-order valence-electron chi connectivity index (χ4n) is 1.91. The molecule has 3 nitrogen and oxygen atoms in total. The molecule has 0 fully saturated rings. The minimum Gasteiger partial charge on any atom is -0.405 e. The summed E-state index contributed by atoms with van der Waals surface area (Å²) >= 11 is 0. The van der Waals surface area contributed by atoms with Crippen molar-refractivity contribution in [2.24, 2.45) is 0 Å². The topological polar surface area (TPSA) is 42.1 Å². The molecule has 0 amide bonds. The highest BCUT2D eigenvalue weighted by Crippen LogP contribution is 2.31. The lowest BCUT2D eigenvalue weighted by Gasteiger charge is -2.11. The molecule has 102 valence electrons. The third-order valence-electron chi connectivity index (χ3n) is 2.82. The van der Waals surface area contributed by atoms with Crippen LogP contribution in [-0.4, -0.2) is 17.1 Å². The smallest absolute Gasteiger partial charge is 0.405 e. The molecule has 1 aromatic carbocycles. The molecule has 1 heterocycles. The lowest BCUT2D eigenvalue weighted by atomic mass is 10.1. The number of ketones is 1. The van der Waals surface area contributed by atoms with E-state index in [0.717, 1.165) is 0 Å². The van der Waals surface area contributed by atoms with Crippen molar-refractivity contribution in [3.8, 4) is 5.75 Å². The van der Waals surface area contributed by atoms with Gasteiger partial charge in [0, 0.05) is 35.2 Å². The van der Waals surface area contributed by atoms with Crippen molar-refractivity contribution >= 4 is 16.7 Å². The van der Waals surface area contributed by atoms with Crippen LogP contribution in [0.15, 0.2) is 18.3 Å². The SMILES string of the molecule is CCC(=O)c1c[nH]c2cc(OC(F)(F)F)c(C)cc12. The highest BCUT2D eigenvalue weighted by molar-refractivity contribution is 6.08. The molecule has 0 atom stereocenters. The number of fused-ring (bicyclic) bond motifs is 1. The first-order chi connectivity index (χ1) is 8.81. The molecule has 0 saturated heterocycles. The quantitative estimate of drug-likeness (QED) is 0.858. The monoisotopic (exact) mass is 271 g/mol. The number of hydrogen-bond acceptors (Lipinski definition) is 2. The van der Waals surface area contributed by atoms with Gasteiger partial charge < -0.3 is 9.72 Å². The molecule has 19 heavy (non-hydrogen) atoms. The van der Waals surface area contributed by atoms with Gasteiger partial charge in [0.05, 0.1) is 0 Å². The van der Waals surface area contributed by atoms with Crippen LogP contribution in [0, 0.1) is 6.92 Å². The number of carbonyl (C=O) groups is 1. The largest absolute Gasteiger partial charge is 0.573 e. The molecule has 0 unspecified atom stereocenters. The molecule has 0 bridgehead atoms. The number of ether oxygens (including phenoxy) is 1. The van der Waals surface area contributed by atoms with E-state index < -0.39 is 6.36 Å². The van der Waals surface area contributed by atoms with E-state index in [0.29, 0.717) is 28.5 Å². The number of hydrogen-bond donors (Lipinski definition) is 1. The summed E-state index contributed by atoms with van der Waals surface area (Å²) in [6.45, 7) is 3.24. The summed E-state index contributed by atoms with van der Waals surface area (Å²) in [5.74, 6) is -0.326. The van der Waals surface area contributed by atoms with Crippen LogP contribution in [0.5, 0.6) is 5.75 Å². The first-order valence-electron chi connectivity index (χ1n) is 5.72. The van der Waals surface area contributed by atoms with E-state index >= 15 is 0 Å². The molecule has 1 aromatic heterocycles. The molecule has 0 radical (unpaired) electrons. The number of carbonyl (C=O) groups excluding carboxylic acids is 1. The third-order valence-corrected chi connectivity index (χ3v) is 2.82. The molecular weight excluding hydrogens is 259 g/mol. The maximum atomic E-state index is 12.2. The fourth-order valence-corrected chi connectivity index (χ4v) is 1.91. The Kier molecular flexibility index (Phi) is 3.26. The van der Waals surface area contributed by atoms with Crippen LogP contribution in [-0.2, 0) is 0 Å². The Morgan fingerprint density at radius 2 is 2.05 bits per heavy atom. The van der Waals surface area contributed by atoms with Crippen molar-refractivity contribution in [3.63, 3.8) is 0 Å². The molecule has 0 aliphatic carbocycles. The van der Waals surface area contributed by atoms with E-state index in [2.05, 4.69) is 9.72 Å². The molecule has 0 saturated carbocycles. The number of halogens is 3. The maximum Gasteiger partial charge on any atom is 0.573 e. The molecule has 2 rings (SSSR count). The Morgan fingerprint density at radius 3 is 2.63 bits per heavy atom. The number of Topliss-reactive ketones (excluding diaryl/α,β-unsaturated/α-hetero) is 1. The molecule has 6 heteroatoms. The second-order valence-corrected chi connectivity index (χ2v) is 4.19. The lowest BCUT2D eigenvalue weighted by Crippen LogP contribution is -2.17. The second kappa shape index (κ2) is 4.60. The minimum atomic E-state index is -4.73. The van der Waals surface area contributed by atoms with Crippen LogP contribution in [0.1, 0.15) is 29.3 Å². The van der Waals surface area contributed by atoms with Gasteiger partial charge in [-0.25, -0.2) is 0 Å². The Bertz CT molecular complexity index is 629. The van der Waals surface area contributed by atoms with Crippen LogP contribution in [0.4, 0.5) is 13.2 Å². The van der Waals surface area contributed by atoms with Crippen LogP contribution < -0.4 is 4.74 Å². The number of aromatic nitrogens is 1.